The zero-order chi connectivity index (χ0) is 13.5. The minimum atomic E-state index is 0.709. The fourth-order valence-electron chi connectivity index (χ4n) is 3.17. The molecule has 106 valence electrons. The molecule has 1 saturated carbocycles. The molecule has 1 N–H and O–H groups in total. The molecule has 1 aliphatic rings. The van der Waals surface area contributed by atoms with Gasteiger partial charge in [0, 0.05) is 17.5 Å². The number of rotatable bonds is 6. The lowest BCUT2D eigenvalue weighted by Crippen LogP contribution is -2.36. The fourth-order valence-corrected chi connectivity index (χ4v) is 3.58. The smallest absolute Gasteiger partial charge is 0.0208 e. The normalized spacial score (nSPS) is 18.4. The van der Waals surface area contributed by atoms with Gasteiger partial charge in [-0.05, 0) is 49.1 Å². The van der Waals surface area contributed by atoms with Gasteiger partial charge in [0.05, 0.1) is 0 Å². The van der Waals surface area contributed by atoms with Crippen LogP contribution >= 0.6 is 11.8 Å². The SMILES string of the molecule is CCC(NCc1ccc(SC)cc1)C1CCCCC1. The van der Waals surface area contributed by atoms with E-state index >= 15 is 0 Å². The van der Waals surface area contributed by atoms with Crippen molar-refractivity contribution in [2.75, 3.05) is 6.26 Å². The Kier molecular flexibility index (Phi) is 6.25. The average Bonchev–Trinajstić information content (AvgIpc) is 2.49. The van der Waals surface area contributed by atoms with E-state index in [-0.39, 0.29) is 0 Å². The molecule has 0 radical (unpaired) electrons. The number of hydrogen-bond acceptors (Lipinski definition) is 2. The summed E-state index contributed by atoms with van der Waals surface area (Å²) in [5.41, 5.74) is 1.41. The summed E-state index contributed by atoms with van der Waals surface area (Å²) in [4.78, 5) is 1.35. The third-order valence-electron chi connectivity index (χ3n) is 4.39. The van der Waals surface area contributed by atoms with Gasteiger partial charge in [0.2, 0.25) is 0 Å². The summed E-state index contributed by atoms with van der Waals surface area (Å²) in [6, 6.07) is 9.67. The first-order chi connectivity index (χ1) is 9.33. The summed E-state index contributed by atoms with van der Waals surface area (Å²) < 4.78 is 0. The van der Waals surface area contributed by atoms with Crippen molar-refractivity contribution in [1.29, 1.82) is 0 Å². The Hall–Kier alpha value is -0.470. The van der Waals surface area contributed by atoms with Crippen molar-refractivity contribution >= 4 is 11.8 Å². The molecule has 2 rings (SSSR count). The predicted molar refractivity (Wildman–Crippen MR) is 85.7 cm³/mol. The van der Waals surface area contributed by atoms with Crippen molar-refractivity contribution in [3.8, 4) is 0 Å². The Morgan fingerprint density at radius 1 is 1.16 bits per heavy atom. The lowest BCUT2D eigenvalue weighted by Gasteiger charge is -2.30. The molecule has 1 aromatic rings. The predicted octanol–water partition coefficient (Wildman–Crippen LogP) is 4.86. The van der Waals surface area contributed by atoms with Gasteiger partial charge in [-0.25, -0.2) is 0 Å². The molecular formula is C17H27NS. The molecule has 1 fully saturated rings. The van der Waals surface area contributed by atoms with E-state index in [1.165, 1.54) is 49.0 Å². The van der Waals surface area contributed by atoms with Gasteiger partial charge in [-0.2, -0.15) is 0 Å². The molecule has 0 aliphatic heterocycles. The summed E-state index contributed by atoms with van der Waals surface area (Å²) >= 11 is 1.81. The van der Waals surface area contributed by atoms with Crippen LogP contribution in [0.5, 0.6) is 0 Å². The molecule has 1 nitrogen and oxygen atoms in total. The average molecular weight is 277 g/mol. The van der Waals surface area contributed by atoms with Crippen molar-refractivity contribution in [1.82, 2.24) is 5.32 Å². The summed E-state index contributed by atoms with van der Waals surface area (Å²) in [7, 11) is 0. The standard InChI is InChI=1S/C17H27NS/c1-3-17(15-7-5-4-6-8-15)18-13-14-9-11-16(19-2)12-10-14/h9-12,15,17-18H,3-8,13H2,1-2H3. The maximum absolute atomic E-state index is 3.79. The molecule has 1 aromatic carbocycles. The zero-order valence-corrected chi connectivity index (χ0v) is 13.1. The van der Waals surface area contributed by atoms with E-state index < -0.39 is 0 Å². The van der Waals surface area contributed by atoms with Gasteiger partial charge in [0.25, 0.3) is 0 Å². The van der Waals surface area contributed by atoms with Gasteiger partial charge in [0.1, 0.15) is 0 Å². The van der Waals surface area contributed by atoms with E-state index in [0.717, 1.165) is 12.5 Å². The van der Waals surface area contributed by atoms with Crippen LogP contribution in [0.15, 0.2) is 29.2 Å². The monoisotopic (exact) mass is 277 g/mol. The highest BCUT2D eigenvalue weighted by molar-refractivity contribution is 7.98. The van der Waals surface area contributed by atoms with E-state index in [1.54, 1.807) is 0 Å². The Morgan fingerprint density at radius 2 is 1.84 bits per heavy atom. The summed E-state index contributed by atoms with van der Waals surface area (Å²) in [6.07, 6.45) is 10.6. The topological polar surface area (TPSA) is 12.0 Å². The maximum Gasteiger partial charge on any atom is 0.0208 e. The van der Waals surface area contributed by atoms with Crippen molar-refractivity contribution in [3.63, 3.8) is 0 Å². The molecule has 1 unspecified atom stereocenters. The van der Waals surface area contributed by atoms with Crippen LogP contribution in [-0.4, -0.2) is 12.3 Å². The maximum atomic E-state index is 3.79. The minimum Gasteiger partial charge on any atom is -0.310 e. The summed E-state index contributed by atoms with van der Waals surface area (Å²) in [6.45, 7) is 3.34. The number of benzene rings is 1. The second-order valence-electron chi connectivity index (χ2n) is 5.64. The van der Waals surface area contributed by atoms with Crippen LogP contribution in [0.3, 0.4) is 0 Å². The molecule has 2 heteroatoms. The van der Waals surface area contributed by atoms with Crippen LogP contribution in [0.25, 0.3) is 0 Å². The molecule has 0 saturated heterocycles. The lowest BCUT2D eigenvalue weighted by atomic mass is 9.83. The van der Waals surface area contributed by atoms with Crippen LogP contribution in [0, 0.1) is 5.92 Å². The number of hydrogen-bond donors (Lipinski definition) is 1. The first kappa shape index (κ1) is 14.9. The van der Waals surface area contributed by atoms with Gasteiger partial charge in [-0.3, -0.25) is 0 Å². The summed E-state index contributed by atoms with van der Waals surface area (Å²) in [5.74, 6) is 0.907. The second-order valence-corrected chi connectivity index (χ2v) is 6.52. The fraction of sp³-hybridized carbons (Fsp3) is 0.647. The molecule has 0 spiro atoms. The summed E-state index contributed by atoms with van der Waals surface area (Å²) in [5, 5.41) is 3.79. The minimum absolute atomic E-state index is 0.709. The van der Waals surface area contributed by atoms with Gasteiger partial charge >= 0.3 is 0 Å². The highest BCUT2D eigenvalue weighted by Gasteiger charge is 2.21. The molecule has 0 aromatic heterocycles. The van der Waals surface area contributed by atoms with Crippen molar-refractivity contribution in [3.05, 3.63) is 29.8 Å². The van der Waals surface area contributed by atoms with Crippen LogP contribution in [0.1, 0.15) is 51.0 Å². The van der Waals surface area contributed by atoms with Gasteiger partial charge in [0.15, 0.2) is 0 Å². The first-order valence-corrected chi connectivity index (χ1v) is 8.92. The Bertz CT molecular complexity index is 354. The van der Waals surface area contributed by atoms with Gasteiger partial charge < -0.3 is 5.32 Å². The molecule has 1 atom stereocenters. The molecule has 0 bridgehead atoms. The first-order valence-electron chi connectivity index (χ1n) is 7.69. The Labute approximate surface area is 122 Å². The van der Waals surface area contributed by atoms with Gasteiger partial charge in [-0.15, -0.1) is 11.8 Å². The van der Waals surface area contributed by atoms with Crippen LogP contribution in [0.4, 0.5) is 0 Å². The van der Waals surface area contributed by atoms with Crippen LogP contribution < -0.4 is 5.32 Å². The highest BCUT2D eigenvalue weighted by atomic mass is 32.2. The van der Waals surface area contributed by atoms with Crippen molar-refractivity contribution in [2.24, 2.45) is 5.92 Å². The highest BCUT2D eigenvalue weighted by Crippen LogP contribution is 2.27. The van der Waals surface area contributed by atoms with Crippen LogP contribution in [-0.2, 0) is 6.54 Å². The zero-order valence-electron chi connectivity index (χ0n) is 12.3. The molecule has 1 aliphatic carbocycles. The van der Waals surface area contributed by atoms with E-state index in [9.17, 15) is 0 Å². The molecule has 19 heavy (non-hydrogen) atoms. The van der Waals surface area contributed by atoms with Crippen molar-refractivity contribution < 1.29 is 0 Å². The third kappa shape index (κ3) is 4.54. The second kappa shape index (κ2) is 7.96. The van der Waals surface area contributed by atoms with E-state index in [1.807, 2.05) is 11.8 Å². The van der Waals surface area contributed by atoms with Crippen molar-refractivity contribution in [2.45, 2.75) is 62.9 Å². The third-order valence-corrected chi connectivity index (χ3v) is 5.13. The van der Waals surface area contributed by atoms with E-state index in [0.29, 0.717) is 6.04 Å². The molecule has 0 heterocycles. The largest absolute Gasteiger partial charge is 0.310 e. The van der Waals surface area contributed by atoms with E-state index in [4.69, 9.17) is 0 Å². The number of nitrogens with one attached hydrogen (secondary N) is 1. The number of thioether (sulfide) groups is 1. The van der Waals surface area contributed by atoms with E-state index in [2.05, 4.69) is 42.8 Å². The lowest BCUT2D eigenvalue weighted by molar-refractivity contribution is 0.262. The quantitative estimate of drug-likeness (QED) is 0.745. The molecular weight excluding hydrogens is 250 g/mol. The Morgan fingerprint density at radius 3 is 2.42 bits per heavy atom. The van der Waals surface area contributed by atoms with Crippen LogP contribution in [0.2, 0.25) is 0 Å². The molecule has 0 amide bonds. The Balaban J connectivity index is 1.84. The van der Waals surface area contributed by atoms with Gasteiger partial charge in [-0.1, -0.05) is 38.3 Å².